The minimum atomic E-state index is -0.0295. The zero-order valence-electron chi connectivity index (χ0n) is 9.81. The van der Waals surface area contributed by atoms with Gasteiger partial charge in [0.2, 0.25) is 0 Å². The van der Waals surface area contributed by atoms with Crippen LogP contribution in [0.1, 0.15) is 26.6 Å². The first-order valence-corrected chi connectivity index (χ1v) is 5.31. The summed E-state index contributed by atoms with van der Waals surface area (Å²) in [6, 6.07) is 5.82. The second-order valence-corrected chi connectivity index (χ2v) is 4.76. The molecule has 0 amide bonds. The number of nitrogens with zero attached hydrogens (tertiary/aromatic N) is 3. The minimum Gasteiger partial charge on any atom is -0.264 e. The van der Waals surface area contributed by atoms with Gasteiger partial charge in [-0.05, 0) is 18.2 Å². The molecule has 0 spiro atoms. The lowest BCUT2D eigenvalue weighted by Crippen LogP contribution is -2.15. The fourth-order valence-electron chi connectivity index (χ4n) is 1.40. The molecule has 0 saturated carbocycles. The molecule has 0 bridgehead atoms. The largest absolute Gasteiger partial charge is 0.264 e. The molecular weight excluding hydrogens is 198 g/mol. The zero-order valence-corrected chi connectivity index (χ0v) is 9.81. The van der Waals surface area contributed by atoms with Crippen molar-refractivity contribution in [2.75, 3.05) is 0 Å². The van der Waals surface area contributed by atoms with E-state index in [1.807, 2.05) is 24.4 Å². The van der Waals surface area contributed by atoms with Gasteiger partial charge in [-0.1, -0.05) is 20.8 Å². The van der Waals surface area contributed by atoms with E-state index in [0.29, 0.717) is 0 Å². The van der Waals surface area contributed by atoms with Crippen LogP contribution in [0.15, 0.2) is 36.8 Å². The molecular formula is C13H15N3. The molecule has 82 valence electrons. The average molecular weight is 213 g/mol. The Kier molecular flexibility index (Phi) is 2.69. The van der Waals surface area contributed by atoms with E-state index >= 15 is 0 Å². The third kappa shape index (κ3) is 2.24. The smallest absolute Gasteiger partial charge is 0.134 e. The van der Waals surface area contributed by atoms with Gasteiger partial charge in [-0.25, -0.2) is 9.97 Å². The highest BCUT2D eigenvalue weighted by Crippen LogP contribution is 2.21. The summed E-state index contributed by atoms with van der Waals surface area (Å²) in [5, 5.41) is 0. The number of hydrogen-bond donors (Lipinski definition) is 0. The second-order valence-electron chi connectivity index (χ2n) is 4.76. The lowest BCUT2D eigenvalue weighted by Gasteiger charge is -2.16. The molecule has 0 aliphatic rings. The van der Waals surface area contributed by atoms with E-state index in [9.17, 15) is 0 Å². The van der Waals surface area contributed by atoms with Crippen molar-refractivity contribution in [1.82, 2.24) is 15.0 Å². The summed E-state index contributed by atoms with van der Waals surface area (Å²) in [5.74, 6) is 0.855. The van der Waals surface area contributed by atoms with E-state index < -0.39 is 0 Å². The summed E-state index contributed by atoms with van der Waals surface area (Å²) in [7, 11) is 0. The Hall–Kier alpha value is -1.77. The molecule has 2 rings (SSSR count). The van der Waals surface area contributed by atoms with Gasteiger partial charge in [0.1, 0.15) is 5.82 Å². The quantitative estimate of drug-likeness (QED) is 0.731. The molecule has 3 heteroatoms. The van der Waals surface area contributed by atoms with Crippen LogP contribution >= 0.6 is 0 Å². The molecule has 0 unspecified atom stereocenters. The summed E-state index contributed by atoms with van der Waals surface area (Å²) in [4.78, 5) is 13.0. The van der Waals surface area contributed by atoms with Crippen molar-refractivity contribution in [1.29, 1.82) is 0 Å². The minimum absolute atomic E-state index is 0.0295. The number of pyridine rings is 1. The van der Waals surface area contributed by atoms with Crippen LogP contribution < -0.4 is 0 Å². The molecule has 0 aliphatic carbocycles. The summed E-state index contributed by atoms with van der Waals surface area (Å²) < 4.78 is 0. The molecule has 2 aromatic heterocycles. The first-order valence-electron chi connectivity index (χ1n) is 5.31. The number of rotatable bonds is 1. The fourth-order valence-corrected chi connectivity index (χ4v) is 1.40. The van der Waals surface area contributed by atoms with E-state index in [-0.39, 0.29) is 5.41 Å². The van der Waals surface area contributed by atoms with E-state index in [2.05, 4.69) is 35.7 Å². The summed E-state index contributed by atoms with van der Waals surface area (Å²) in [6.07, 6.45) is 5.38. The van der Waals surface area contributed by atoms with E-state index in [0.717, 1.165) is 17.1 Å². The van der Waals surface area contributed by atoms with Crippen molar-refractivity contribution in [3.63, 3.8) is 0 Å². The molecule has 2 aromatic rings. The van der Waals surface area contributed by atoms with Crippen LogP contribution in [0.4, 0.5) is 0 Å². The van der Waals surface area contributed by atoms with Crippen LogP contribution in [0.2, 0.25) is 0 Å². The predicted molar refractivity (Wildman–Crippen MR) is 64.0 cm³/mol. The monoisotopic (exact) mass is 213 g/mol. The second kappa shape index (κ2) is 4.00. The molecule has 0 aromatic carbocycles. The van der Waals surface area contributed by atoms with Crippen molar-refractivity contribution in [3.05, 3.63) is 42.6 Å². The van der Waals surface area contributed by atoms with E-state index in [4.69, 9.17) is 0 Å². The number of hydrogen-bond acceptors (Lipinski definition) is 3. The SMILES string of the molecule is CC(C)(C)c1nccc(-c2cccnc2)n1. The normalized spacial score (nSPS) is 11.4. The Morgan fingerprint density at radius 1 is 1.06 bits per heavy atom. The van der Waals surface area contributed by atoms with Gasteiger partial charge in [0.05, 0.1) is 5.69 Å². The van der Waals surface area contributed by atoms with E-state index in [1.54, 1.807) is 12.4 Å². The predicted octanol–water partition coefficient (Wildman–Crippen LogP) is 2.84. The Bertz CT molecular complexity index is 472. The summed E-state index contributed by atoms with van der Waals surface area (Å²) >= 11 is 0. The third-order valence-electron chi connectivity index (χ3n) is 2.28. The van der Waals surface area contributed by atoms with E-state index in [1.165, 1.54) is 0 Å². The molecule has 0 atom stereocenters. The highest BCUT2D eigenvalue weighted by Gasteiger charge is 2.17. The Balaban J connectivity index is 2.45. The van der Waals surface area contributed by atoms with Crippen molar-refractivity contribution in [3.8, 4) is 11.3 Å². The third-order valence-corrected chi connectivity index (χ3v) is 2.28. The molecule has 0 N–H and O–H groups in total. The molecule has 2 heterocycles. The van der Waals surface area contributed by atoms with Gasteiger partial charge in [-0.3, -0.25) is 4.98 Å². The van der Waals surface area contributed by atoms with Gasteiger partial charge in [-0.15, -0.1) is 0 Å². The van der Waals surface area contributed by atoms with Gasteiger partial charge in [0.25, 0.3) is 0 Å². The number of aromatic nitrogens is 3. The molecule has 16 heavy (non-hydrogen) atoms. The molecule has 0 radical (unpaired) electrons. The standard InChI is InChI=1S/C13H15N3/c1-13(2,3)12-15-8-6-11(16-12)10-5-4-7-14-9-10/h4-9H,1-3H3. The molecule has 0 aliphatic heterocycles. The molecule has 0 fully saturated rings. The lowest BCUT2D eigenvalue weighted by molar-refractivity contribution is 0.546. The van der Waals surface area contributed by atoms with Crippen molar-refractivity contribution in [2.45, 2.75) is 26.2 Å². The Labute approximate surface area is 95.6 Å². The van der Waals surface area contributed by atoms with Crippen LogP contribution in [-0.2, 0) is 5.41 Å². The maximum Gasteiger partial charge on any atom is 0.134 e. The maximum absolute atomic E-state index is 4.56. The highest BCUT2D eigenvalue weighted by atomic mass is 14.9. The van der Waals surface area contributed by atoms with Crippen LogP contribution in [0.5, 0.6) is 0 Å². The molecule has 3 nitrogen and oxygen atoms in total. The Morgan fingerprint density at radius 3 is 2.50 bits per heavy atom. The van der Waals surface area contributed by atoms with Crippen LogP contribution in [0, 0.1) is 0 Å². The highest BCUT2D eigenvalue weighted by molar-refractivity contribution is 5.56. The zero-order chi connectivity index (χ0) is 11.6. The fraction of sp³-hybridized carbons (Fsp3) is 0.308. The lowest BCUT2D eigenvalue weighted by atomic mass is 9.95. The van der Waals surface area contributed by atoms with Gasteiger partial charge >= 0.3 is 0 Å². The van der Waals surface area contributed by atoms with Gasteiger partial charge in [0, 0.05) is 29.6 Å². The van der Waals surface area contributed by atoms with Crippen molar-refractivity contribution >= 4 is 0 Å². The van der Waals surface area contributed by atoms with Gasteiger partial charge < -0.3 is 0 Å². The van der Waals surface area contributed by atoms with Gasteiger partial charge in [-0.2, -0.15) is 0 Å². The molecule has 0 saturated heterocycles. The van der Waals surface area contributed by atoms with Crippen molar-refractivity contribution < 1.29 is 0 Å². The van der Waals surface area contributed by atoms with Gasteiger partial charge in [0.15, 0.2) is 0 Å². The topological polar surface area (TPSA) is 38.7 Å². The summed E-state index contributed by atoms with van der Waals surface area (Å²) in [6.45, 7) is 6.32. The van der Waals surface area contributed by atoms with Crippen LogP contribution in [0.25, 0.3) is 11.3 Å². The summed E-state index contributed by atoms with van der Waals surface area (Å²) in [5.41, 5.74) is 1.92. The van der Waals surface area contributed by atoms with Crippen LogP contribution in [-0.4, -0.2) is 15.0 Å². The Morgan fingerprint density at radius 2 is 1.88 bits per heavy atom. The van der Waals surface area contributed by atoms with Crippen molar-refractivity contribution in [2.24, 2.45) is 0 Å². The first-order chi connectivity index (χ1) is 7.57. The van der Waals surface area contributed by atoms with Crippen LogP contribution in [0.3, 0.4) is 0 Å². The maximum atomic E-state index is 4.56. The first kappa shape index (κ1) is 10.7. The average Bonchev–Trinajstić information content (AvgIpc) is 2.29.